The lowest BCUT2D eigenvalue weighted by Crippen LogP contribution is -2.08. The molecule has 1 aromatic rings. The first kappa shape index (κ1) is 14.4. The van der Waals surface area contributed by atoms with Crippen LogP contribution in [-0.4, -0.2) is 31.9 Å². The van der Waals surface area contributed by atoms with E-state index in [4.69, 9.17) is 20.2 Å². The number of halogens is 1. The van der Waals surface area contributed by atoms with Gasteiger partial charge in [0, 0.05) is 11.3 Å². The highest BCUT2D eigenvalue weighted by Crippen LogP contribution is 2.15. The number of ether oxygens (including phenoxy) is 2. The Morgan fingerprint density at radius 1 is 1.35 bits per heavy atom. The lowest BCUT2D eigenvalue weighted by molar-refractivity contribution is 0.111. The van der Waals surface area contributed by atoms with E-state index < -0.39 is 0 Å². The van der Waals surface area contributed by atoms with Crippen LogP contribution in [0.15, 0.2) is 18.2 Å². The zero-order valence-electron chi connectivity index (χ0n) is 9.65. The van der Waals surface area contributed by atoms with Crippen molar-refractivity contribution in [3.05, 3.63) is 29.3 Å². The summed E-state index contributed by atoms with van der Waals surface area (Å²) in [4.78, 5) is 10.6. The van der Waals surface area contributed by atoms with Crippen LogP contribution < -0.4 is 4.74 Å². The highest BCUT2D eigenvalue weighted by Gasteiger charge is 1.99. The summed E-state index contributed by atoms with van der Waals surface area (Å²) in [6.07, 6.45) is 0.839. The van der Waals surface area contributed by atoms with Crippen LogP contribution in [0, 0.1) is 6.92 Å². The fraction of sp³-hybridized carbons (Fsp3) is 0.417. The van der Waals surface area contributed by atoms with Crippen LogP contribution in [0.25, 0.3) is 0 Å². The Balaban J connectivity index is 2.27. The predicted octanol–water partition coefficient (Wildman–Crippen LogP) is 3.09. The van der Waals surface area contributed by atoms with E-state index in [2.05, 4.69) is 0 Å². The number of aryl methyl sites for hydroxylation is 1. The van der Waals surface area contributed by atoms with Crippen LogP contribution >= 0.6 is 21.7 Å². The van der Waals surface area contributed by atoms with Gasteiger partial charge in [0.15, 0.2) is 0 Å². The van der Waals surface area contributed by atoms with Gasteiger partial charge in [-0.2, -0.15) is 0 Å². The van der Waals surface area contributed by atoms with E-state index in [1.54, 1.807) is 12.1 Å². The fourth-order valence-corrected chi connectivity index (χ4v) is 1.65. The van der Waals surface area contributed by atoms with Gasteiger partial charge in [0.2, 0.25) is 0 Å². The highest BCUT2D eigenvalue weighted by atomic mass is 35.7. The van der Waals surface area contributed by atoms with Crippen molar-refractivity contribution in [3.8, 4) is 5.75 Å². The SMILES string of the molecule is Cc1cc(OCCOCCSCl)ccc1C=O. The van der Waals surface area contributed by atoms with Gasteiger partial charge in [-0.05, 0) is 41.4 Å². The summed E-state index contributed by atoms with van der Waals surface area (Å²) in [5.41, 5.74) is 1.60. The molecule has 94 valence electrons. The van der Waals surface area contributed by atoms with Gasteiger partial charge in [0.1, 0.15) is 18.6 Å². The Hall–Kier alpha value is -0.710. The van der Waals surface area contributed by atoms with E-state index >= 15 is 0 Å². The molecule has 0 bridgehead atoms. The van der Waals surface area contributed by atoms with Crippen LogP contribution in [0.3, 0.4) is 0 Å². The molecule has 0 saturated heterocycles. The number of carbonyl (C=O) groups excluding carboxylic acids is 1. The van der Waals surface area contributed by atoms with Crippen LogP contribution in [0.2, 0.25) is 0 Å². The maximum absolute atomic E-state index is 10.6. The number of hydrogen-bond acceptors (Lipinski definition) is 4. The van der Waals surface area contributed by atoms with Crippen molar-refractivity contribution in [1.29, 1.82) is 0 Å². The molecule has 1 aromatic carbocycles. The van der Waals surface area contributed by atoms with Gasteiger partial charge in [-0.1, -0.05) is 11.0 Å². The quantitative estimate of drug-likeness (QED) is 0.539. The van der Waals surface area contributed by atoms with Crippen molar-refractivity contribution in [3.63, 3.8) is 0 Å². The third-order valence-corrected chi connectivity index (χ3v) is 2.95. The molecule has 17 heavy (non-hydrogen) atoms. The molecule has 0 atom stereocenters. The Labute approximate surface area is 110 Å². The van der Waals surface area contributed by atoms with Crippen molar-refractivity contribution in [2.45, 2.75) is 6.92 Å². The lowest BCUT2D eigenvalue weighted by atomic mass is 10.1. The molecule has 0 radical (unpaired) electrons. The summed E-state index contributed by atoms with van der Waals surface area (Å²) < 4.78 is 10.8. The minimum atomic E-state index is 0.493. The van der Waals surface area contributed by atoms with Gasteiger partial charge in [-0.25, -0.2) is 0 Å². The second-order valence-electron chi connectivity index (χ2n) is 3.41. The Kier molecular flexibility index (Phi) is 7.08. The summed E-state index contributed by atoms with van der Waals surface area (Å²) >= 11 is 0. The molecule has 0 spiro atoms. The smallest absolute Gasteiger partial charge is 0.150 e. The number of benzene rings is 1. The molecule has 0 unspecified atom stereocenters. The molecule has 0 heterocycles. The van der Waals surface area contributed by atoms with E-state index in [0.29, 0.717) is 25.4 Å². The maximum atomic E-state index is 10.6. The molecule has 0 aliphatic carbocycles. The minimum absolute atomic E-state index is 0.493. The third kappa shape index (κ3) is 5.44. The Bertz CT molecular complexity index is 358. The van der Waals surface area contributed by atoms with Gasteiger partial charge in [-0.3, -0.25) is 4.79 Å². The van der Waals surface area contributed by atoms with E-state index in [1.165, 1.54) is 11.0 Å². The van der Waals surface area contributed by atoms with Crippen molar-refractivity contribution in [2.24, 2.45) is 0 Å². The van der Waals surface area contributed by atoms with Crippen LogP contribution in [0.1, 0.15) is 15.9 Å². The van der Waals surface area contributed by atoms with Crippen LogP contribution in [0.5, 0.6) is 5.75 Å². The van der Waals surface area contributed by atoms with E-state index in [1.807, 2.05) is 13.0 Å². The Morgan fingerprint density at radius 3 is 2.82 bits per heavy atom. The molecular formula is C12H15ClO3S. The molecule has 0 fully saturated rings. The predicted molar refractivity (Wildman–Crippen MR) is 71.2 cm³/mol. The van der Waals surface area contributed by atoms with Gasteiger partial charge in [0.05, 0.1) is 13.2 Å². The van der Waals surface area contributed by atoms with Crippen molar-refractivity contribution in [2.75, 3.05) is 25.6 Å². The summed E-state index contributed by atoms with van der Waals surface area (Å²) in [5.74, 6) is 1.53. The first-order valence-electron chi connectivity index (χ1n) is 5.28. The zero-order chi connectivity index (χ0) is 12.5. The third-order valence-electron chi connectivity index (χ3n) is 2.17. The zero-order valence-corrected chi connectivity index (χ0v) is 11.2. The molecule has 0 aliphatic heterocycles. The molecule has 0 aliphatic rings. The van der Waals surface area contributed by atoms with E-state index in [-0.39, 0.29) is 0 Å². The van der Waals surface area contributed by atoms with Gasteiger partial charge in [0.25, 0.3) is 0 Å². The molecule has 3 nitrogen and oxygen atoms in total. The second-order valence-corrected chi connectivity index (χ2v) is 4.69. The maximum Gasteiger partial charge on any atom is 0.150 e. The number of carbonyl (C=O) groups is 1. The topological polar surface area (TPSA) is 35.5 Å². The van der Waals surface area contributed by atoms with Gasteiger partial charge >= 0.3 is 0 Å². The molecule has 5 heteroatoms. The first-order chi connectivity index (χ1) is 8.27. The average Bonchev–Trinajstić information content (AvgIpc) is 2.34. The van der Waals surface area contributed by atoms with Crippen LogP contribution in [-0.2, 0) is 4.74 Å². The molecule has 1 rings (SSSR count). The summed E-state index contributed by atoms with van der Waals surface area (Å²) in [7, 11) is 6.67. The van der Waals surface area contributed by atoms with Crippen molar-refractivity contribution in [1.82, 2.24) is 0 Å². The molecular weight excluding hydrogens is 260 g/mol. The summed E-state index contributed by atoms with van der Waals surface area (Å²) in [6.45, 7) is 3.53. The monoisotopic (exact) mass is 274 g/mol. The number of aldehydes is 1. The van der Waals surface area contributed by atoms with Crippen molar-refractivity contribution >= 4 is 27.9 Å². The van der Waals surface area contributed by atoms with E-state index in [9.17, 15) is 4.79 Å². The summed E-state index contributed by atoms with van der Waals surface area (Å²) in [5, 5.41) is 0. The van der Waals surface area contributed by atoms with Crippen molar-refractivity contribution < 1.29 is 14.3 Å². The minimum Gasteiger partial charge on any atom is -0.491 e. The second kappa shape index (κ2) is 8.39. The van der Waals surface area contributed by atoms with Crippen LogP contribution in [0.4, 0.5) is 0 Å². The highest BCUT2D eigenvalue weighted by molar-refractivity contribution is 8.21. The molecule has 0 amide bonds. The number of rotatable bonds is 8. The lowest BCUT2D eigenvalue weighted by Gasteiger charge is -2.08. The molecule has 0 N–H and O–H groups in total. The largest absolute Gasteiger partial charge is 0.491 e. The van der Waals surface area contributed by atoms with Gasteiger partial charge in [-0.15, -0.1) is 0 Å². The molecule has 0 saturated carbocycles. The summed E-state index contributed by atoms with van der Waals surface area (Å²) in [6, 6.07) is 5.38. The standard InChI is InChI=1S/C12H15ClO3S/c1-10-8-12(3-2-11(10)9-14)16-5-4-15-6-7-17-13/h2-3,8-9H,4-7H2,1H3. The average molecular weight is 275 g/mol. The fourth-order valence-electron chi connectivity index (χ4n) is 1.28. The Morgan fingerprint density at radius 2 is 2.18 bits per heavy atom. The normalized spacial score (nSPS) is 10.2. The molecule has 0 aromatic heterocycles. The van der Waals surface area contributed by atoms with E-state index in [0.717, 1.165) is 23.4 Å². The first-order valence-corrected chi connectivity index (χ1v) is 7.09. The van der Waals surface area contributed by atoms with Gasteiger partial charge < -0.3 is 9.47 Å². The number of hydrogen-bond donors (Lipinski definition) is 0.